The average Bonchev–Trinajstić information content (AvgIpc) is 3.40. The molecule has 10 heteroatoms. The first-order chi connectivity index (χ1) is 15.5. The SMILES string of the molecule is CC(C)n1cnc(-c2[nH]c3nccc(N4CCN(C(=O)OC5COC5)CC4)c3c2C#N)c1. The van der Waals surface area contributed by atoms with Crippen LogP contribution in [0.2, 0.25) is 0 Å². The molecule has 0 unspecified atom stereocenters. The minimum Gasteiger partial charge on any atom is -0.441 e. The third-order valence-corrected chi connectivity index (χ3v) is 5.99. The molecule has 0 aliphatic carbocycles. The van der Waals surface area contributed by atoms with E-state index in [0.717, 1.165) is 11.1 Å². The minimum atomic E-state index is -0.291. The molecule has 3 aromatic rings. The standard InChI is InChI=1S/C22H25N7O3/c1-14(2)29-10-17(25-13-29)20-16(9-23)19-18(3-4-24-21(19)26-20)27-5-7-28(8-6-27)22(30)32-15-11-31-12-15/h3-4,10,13-15H,5-8,11-12H2,1-2H3,(H,24,26). The number of ether oxygens (including phenoxy) is 2. The maximum absolute atomic E-state index is 12.3. The highest BCUT2D eigenvalue weighted by atomic mass is 16.6. The summed E-state index contributed by atoms with van der Waals surface area (Å²) >= 11 is 0. The quantitative estimate of drug-likeness (QED) is 0.670. The van der Waals surface area contributed by atoms with Gasteiger partial charge in [0.15, 0.2) is 6.10 Å². The summed E-state index contributed by atoms with van der Waals surface area (Å²) in [6.07, 6.45) is 5.03. The zero-order valence-electron chi connectivity index (χ0n) is 18.1. The number of H-pyrrole nitrogens is 1. The number of amides is 1. The maximum atomic E-state index is 12.3. The number of rotatable bonds is 4. The lowest BCUT2D eigenvalue weighted by molar-refractivity contribution is -0.104. The highest BCUT2D eigenvalue weighted by Gasteiger charge is 2.29. The van der Waals surface area contributed by atoms with Crippen LogP contribution >= 0.6 is 0 Å². The van der Waals surface area contributed by atoms with Gasteiger partial charge >= 0.3 is 6.09 Å². The second kappa shape index (κ2) is 8.16. The van der Waals surface area contributed by atoms with Gasteiger partial charge in [-0.25, -0.2) is 14.8 Å². The van der Waals surface area contributed by atoms with E-state index in [1.54, 1.807) is 17.4 Å². The lowest BCUT2D eigenvalue weighted by Crippen LogP contribution is -2.51. The lowest BCUT2D eigenvalue weighted by Gasteiger charge is -2.37. The van der Waals surface area contributed by atoms with E-state index in [2.05, 4.69) is 39.8 Å². The van der Waals surface area contributed by atoms with Gasteiger partial charge in [0.2, 0.25) is 0 Å². The van der Waals surface area contributed by atoms with Crippen molar-refractivity contribution in [2.45, 2.75) is 26.0 Å². The van der Waals surface area contributed by atoms with Crippen molar-refractivity contribution in [2.75, 3.05) is 44.3 Å². The van der Waals surface area contributed by atoms with Crippen LogP contribution in [0.5, 0.6) is 0 Å². The first kappa shape index (κ1) is 20.3. The number of carbonyl (C=O) groups excluding carboxylic acids is 1. The number of aromatic nitrogens is 4. The molecule has 0 radical (unpaired) electrons. The molecule has 0 aromatic carbocycles. The van der Waals surface area contributed by atoms with Crippen molar-refractivity contribution < 1.29 is 14.3 Å². The van der Waals surface area contributed by atoms with E-state index in [1.165, 1.54) is 0 Å². The largest absolute Gasteiger partial charge is 0.441 e. The Bertz CT molecular complexity index is 1180. The first-order valence-corrected chi connectivity index (χ1v) is 10.8. The number of hydrogen-bond acceptors (Lipinski definition) is 7. The van der Waals surface area contributed by atoms with Crippen LogP contribution in [-0.2, 0) is 9.47 Å². The molecule has 0 spiro atoms. The summed E-state index contributed by atoms with van der Waals surface area (Å²) in [6, 6.07) is 4.55. The van der Waals surface area contributed by atoms with Gasteiger partial charge in [-0.1, -0.05) is 0 Å². The number of piperazine rings is 1. The number of aromatic amines is 1. The lowest BCUT2D eigenvalue weighted by atomic mass is 10.1. The molecule has 5 rings (SSSR count). The molecule has 166 valence electrons. The molecule has 2 saturated heterocycles. The summed E-state index contributed by atoms with van der Waals surface area (Å²) in [5.74, 6) is 0. The number of hydrogen-bond donors (Lipinski definition) is 1. The molecule has 1 amide bonds. The first-order valence-electron chi connectivity index (χ1n) is 10.8. The van der Waals surface area contributed by atoms with Crippen LogP contribution in [-0.4, -0.2) is 76.0 Å². The van der Waals surface area contributed by atoms with Crippen molar-refractivity contribution in [1.82, 2.24) is 24.4 Å². The number of nitrogens with zero attached hydrogens (tertiary/aromatic N) is 6. The van der Waals surface area contributed by atoms with Crippen LogP contribution in [0.25, 0.3) is 22.4 Å². The Labute approximate surface area is 185 Å². The Morgan fingerprint density at radius 1 is 1.28 bits per heavy atom. The zero-order chi connectivity index (χ0) is 22.2. The third kappa shape index (κ3) is 3.54. The number of anilines is 1. The predicted molar refractivity (Wildman–Crippen MR) is 117 cm³/mol. The Morgan fingerprint density at radius 3 is 2.69 bits per heavy atom. The highest BCUT2D eigenvalue weighted by molar-refractivity contribution is 5.99. The topological polar surface area (TPSA) is 112 Å². The van der Waals surface area contributed by atoms with Crippen LogP contribution < -0.4 is 4.90 Å². The van der Waals surface area contributed by atoms with Crippen molar-refractivity contribution in [2.24, 2.45) is 0 Å². The van der Waals surface area contributed by atoms with Crippen LogP contribution in [0, 0.1) is 11.3 Å². The van der Waals surface area contributed by atoms with Crippen LogP contribution in [0.15, 0.2) is 24.8 Å². The summed E-state index contributed by atoms with van der Waals surface area (Å²) < 4.78 is 12.5. The molecule has 10 nitrogen and oxygen atoms in total. The monoisotopic (exact) mass is 435 g/mol. The molecule has 2 aliphatic rings. The smallest absolute Gasteiger partial charge is 0.410 e. The molecule has 1 N–H and O–H groups in total. The van der Waals surface area contributed by atoms with Crippen LogP contribution in [0.3, 0.4) is 0 Å². The van der Waals surface area contributed by atoms with Gasteiger partial charge in [0, 0.05) is 44.6 Å². The van der Waals surface area contributed by atoms with Gasteiger partial charge < -0.3 is 28.8 Å². The molecule has 0 saturated carbocycles. The van der Waals surface area contributed by atoms with Crippen LogP contribution in [0.1, 0.15) is 25.5 Å². The molecule has 3 aromatic heterocycles. The van der Waals surface area contributed by atoms with Crippen molar-refractivity contribution in [1.29, 1.82) is 5.26 Å². The summed E-state index contributed by atoms with van der Waals surface area (Å²) in [4.78, 5) is 28.5. The van der Waals surface area contributed by atoms with Gasteiger partial charge in [-0.2, -0.15) is 5.26 Å². The molecular formula is C22H25N7O3. The van der Waals surface area contributed by atoms with Gasteiger partial charge in [-0.05, 0) is 19.9 Å². The normalized spacial score (nSPS) is 16.9. The van der Waals surface area contributed by atoms with Gasteiger partial charge in [-0.15, -0.1) is 0 Å². The van der Waals surface area contributed by atoms with Crippen molar-refractivity contribution in [3.05, 3.63) is 30.4 Å². The third-order valence-electron chi connectivity index (χ3n) is 5.99. The Kier molecular flexibility index (Phi) is 5.19. The Balaban J connectivity index is 1.40. The van der Waals surface area contributed by atoms with Gasteiger partial charge in [0.05, 0.1) is 41.9 Å². The van der Waals surface area contributed by atoms with E-state index in [0.29, 0.717) is 62.0 Å². The molecule has 5 heterocycles. The summed E-state index contributed by atoms with van der Waals surface area (Å²) in [5.41, 5.74) is 3.50. The molecule has 0 bridgehead atoms. The summed E-state index contributed by atoms with van der Waals surface area (Å²) in [7, 11) is 0. The number of pyridine rings is 1. The number of fused-ring (bicyclic) bond motifs is 1. The molecule has 2 aliphatic heterocycles. The van der Waals surface area contributed by atoms with Gasteiger partial charge in [0.1, 0.15) is 17.4 Å². The Morgan fingerprint density at radius 2 is 2.06 bits per heavy atom. The number of nitriles is 1. The second-order valence-electron chi connectivity index (χ2n) is 8.36. The minimum absolute atomic E-state index is 0.129. The van der Waals surface area contributed by atoms with E-state index in [4.69, 9.17) is 9.47 Å². The number of nitrogens with one attached hydrogen (secondary N) is 1. The van der Waals surface area contributed by atoms with E-state index in [1.807, 2.05) is 16.8 Å². The molecular weight excluding hydrogens is 410 g/mol. The zero-order valence-corrected chi connectivity index (χ0v) is 18.1. The number of carbonyl (C=O) groups is 1. The Hall–Kier alpha value is -3.58. The van der Waals surface area contributed by atoms with Gasteiger partial charge in [0.25, 0.3) is 0 Å². The molecule has 2 fully saturated rings. The van der Waals surface area contributed by atoms with Gasteiger partial charge in [-0.3, -0.25) is 0 Å². The second-order valence-corrected chi connectivity index (χ2v) is 8.36. The van der Waals surface area contributed by atoms with Crippen molar-refractivity contribution in [3.8, 4) is 17.5 Å². The van der Waals surface area contributed by atoms with E-state index >= 15 is 0 Å². The average molecular weight is 435 g/mol. The highest BCUT2D eigenvalue weighted by Crippen LogP contribution is 2.35. The fourth-order valence-corrected chi connectivity index (χ4v) is 4.04. The summed E-state index contributed by atoms with van der Waals surface area (Å²) in [5, 5.41) is 10.8. The predicted octanol–water partition coefficient (Wildman–Crippen LogP) is 2.54. The van der Waals surface area contributed by atoms with Crippen molar-refractivity contribution in [3.63, 3.8) is 0 Å². The van der Waals surface area contributed by atoms with E-state index < -0.39 is 0 Å². The fourth-order valence-electron chi connectivity index (χ4n) is 4.04. The maximum Gasteiger partial charge on any atom is 0.410 e. The van der Waals surface area contributed by atoms with Crippen LogP contribution in [0.4, 0.5) is 10.5 Å². The summed E-state index contributed by atoms with van der Waals surface area (Å²) in [6.45, 7) is 7.49. The molecule has 0 atom stereocenters. The fraction of sp³-hybridized carbons (Fsp3) is 0.455. The number of imidazole rings is 1. The molecule has 32 heavy (non-hydrogen) atoms. The van der Waals surface area contributed by atoms with Crippen molar-refractivity contribution >= 4 is 22.8 Å². The van der Waals surface area contributed by atoms with E-state index in [9.17, 15) is 10.1 Å². The van der Waals surface area contributed by atoms with E-state index in [-0.39, 0.29) is 18.2 Å².